The van der Waals surface area contributed by atoms with Crippen LogP contribution in [-0.2, 0) is 30.5 Å². The van der Waals surface area contributed by atoms with Gasteiger partial charge in [0.2, 0.25) is 11.8 Å². The van der Waals surface area contributed by atoms with Gasteiger partial charge in [0.1, 0.15) is 29.8 Å². The summed E-state index contributed by atoms with van der Waals surface area (Å²) in [6, 6.07) is 15.3. The Kier molecular flexibility index (Phi) is 10.9. The van der Waals surface area contributed by atoms with Gasteiger partial charge in [0, 0.05) is 19.0 Å². The fourth-order valence-corrected chi connectivity index (χ4v) is 6.37. The van der Waals surface area contributed by atoms with Crippen LogP contribution in [0.25, 0.3) is 11.1 Å². The van der Waals surface area contributed by atoms with Crippen LogP contribution in [0.5, 0.6) is 0 Å². The number of ether oxygens (including phenoxy) is 2. The topological polar surface area (TPSA) is 155 Å². The summed E-state index contributed by atoms with van der Waals surface area (Å²) >= 11 is 0. The number of hydrogen-bond donors (Lipinski definition) is 3. The quantitative estimate of drug-likeness (QED) is 0.380. The molecular weight excluding hydrogens is 628 g/mol. The van der Waals surface area contributed by atoms with Crippen LogP contribution >= 0.6 is 0 Å². The van der Waals surface area contributed by atoms with Gasteiger partial charge < -0.3 is 35.0 Å². The monoisotopic (exact) mass is 674 g/mol. The molecule has 3 N–H and O–H groups in total. The molecule has 0 aromatic heterocycles. The molecule has 0 spiro atoms. The van der Waals surface area contributed by atoms with Crippen molar-refractivity contribution >= 4 is 30.0 Å². The Morgan fingerprint density at radius 3 is 2.49 bits per heavy atom. The molecule has 2 aromatic rings. The van der Waals surface area contributed by atoms with E-state index in [0.29, 0.717) is 12.8 Å². The van der Waals surface area contributed by atoms with Crippen LogP contribution in [-0.4, -0.2) is 87.7 Å². The molecule has 3 aliphatic rings. The van der Waals surface area contributed by atoms with E-state index in [2.05, 4.69) is 10.6 Å². The summed E-state index contributed by atoms with van der Waals surface area (Å²) in [7, 11) is 0. The van der Waals surface area contributed by atoms with Gasteiger partial charge in [0.15, 0.2) is 0 Å². The molecule has 1 saturated heterocycles. The average molecular weight is 675 g/mol. The molecule has 2 fully saturated rings. The zero-order valence-electron chi connectivity index (χ0n) is 28.4. The highest BCUT2D eigenvalue weighted by Crippen LogP contribution is 2.45. The van der Waals surface area contributed by atoms with Gasteiger partial charge in [-0.2, -0.15) is 0 Å². The zero-order valence-corrected chi connectivity index (χ0v) is 28.4. The van der Waals surface area contributed by atoms with E-state index >= 15 is 0 Å². The number of piperazine rings is 1. The van der Waals surface area contributed by atoms with Crippen LogP contribution in [0.4, 0.5) is 9.59 Å². The minimum atomic E-state index is -1.50. The predicted octanol–water partition coefficient (Wildman–Crippen LogP) is 4.88. The molecule has 5 rings (SSSR count). The summed E-state index contributed by atoms with van der Waals surface area (Å²) in [6.07, 6.45) is 5.86. The highest BCUT2D eigenvalue weighted by Gasteiger charge is 2.61. The molecule has 262 valence electrons. The molecule has 2 aromatic carbocycles. The third-order valence-corrected chi connectivity index (χ3v) is 9.08. The van der Waals surface area contributed by atoms with Crippen molar-refractivity contribution < 1.29 is 38.6 Å². The maximum absolute atomic E-state index is 14.1. The Bertz CT molecular complexity index is 1570. The second kappa shape index (κ2) is 15.1. The standard InChI is InChI=1S/C37H46N4O8/c1-36(2,3)49-34(46)38-29-18-11-6-4-5-10-17-28-22-37(28,33(44)45)39-31(42)30-23-40(19-20-41(30)32(29)43)35(47)48-24-25-13-12-16-27(21-25)26-14-8-7-9-15-26/h7-10,12-17,21,28-30H,4-6,11,18-20,22-24H2,1-3H3,(H,38,46)(H,39,42)(H,44,45)/b17-10+/t28?,29-,30-,37-/m0/s1. The maximum atomic E-state index is 14.1. The molecule has 12 heteroatoms. The molecule has 1 saturated carbocycles. The van der Waals surface area contributed by atoms with E-state index in [1.54, 1.807) is 20.8 Å². The number of carboxylic acids is 1. The minimum absolute atomic E-state index is 0.00641. The summed E-state index contributed by atoms with van der Waals surface area (Å²) in [4.78, 5) is 69.3. The van der Waals surface area contributed by atoms with E-state index in [1.165, 1.54) is 9.80 Å². The lowest BCUT2D eigenvalue weighted by molar-refractivity contribution is -0.148. The van der Waals surface area contributed by atoms with Crippen molar-refractivity contribution in [3.63, 3.8) is 0 Å². The second-order valence-corrected chi connectivity index (χ2v) is 14.0. The first-order valence-corrected chi connectivity index (χ1v) is 16.9. The number of nitrogens with zero attached hydrogens (tertiary/aromatic N) is 2. The summed E-state index contributed by atoms with van der Waals surface area (Å²) < 4.78 is 11.1. The van der Waals surface area contributed by atoms with Gasteiger partial charge in [-0.25, -0.2) is 14.4 Å². The normalized spacial score (nSPS) is 25.3. The van der Waals surface area contributed by atoms with E-state index in [1.807, 2.05) is 66.7 Å². The SMILES string of the molecule is CC(C)(C)OC(=O)N[C@H]1CCCCC/C=C/C2C[C@]2(C(=O)O)NC(=O)[C@@H]2CN(C(=O)OCc3cccc(-c4ccccc4)c3)CCN2C1=O. The lowest BCUT2D eigenvalue weighted by Crippen LogP contribution is -2.65. The lowest BCUT2D eigenvalue weighted by atomic mass is 10.0. The van der Waals surface area contributed by atoms with Crippen molar-refractivity contribution in [2.24, 2.45) is 5.92 Å². The molecule has 2 aliphatic heterocycles. The van der Waals surface area contributed by atoms with Crippen molar-refractivity contribution in [2.75, 3.05) is 19.6 Å². The zero-order chi connectivity index (χ0) is 35.2. The highest BCUT2D eigenvalue weighted by atomic mass is 16.6. The van der Waals surface area contributed by atoms with Crippen LogP contribution < -0.4 is 10.6 Å². The van der Waals surface area contributed by atoms with E-state index in [9.17, 15) is 29.1 Å². The Morgan fingerprint density at radius 1 is 1.00 bits per heavy atom. The van der Waals surface area contributed by atoms with Crippen molar-refractivity contribution in [3.8, 4) is 11.1 Å². The van der Waals surface area contributed by atoms with Gasteiger partial charge in [-0.15, -0.1) is 0 Å². The summed E-state index contributed by atoms with van der Waals surface area (Å²) in [5.41, 5.74) is 0.496. The summed E-state index contributed by atoms with van der Waals surface area (Å²) in [5.74, 6) is -2.74. The minimum Gasteiger partial charge on any atom is -0.479 e. The smallest absolute Gasteiger partial charge is 0.410 e. The molecule has 49 heavy (non-hydrogen) atoms. The first-order valence-electron chi connectivity index (χ1n) is 16.9. The van der Waals surface area contributed by atoms with E-state index in [-0.39, 0.29) is 38.6 Å². The van der Waals surface area contributed by atoms with Gasteiger partial charge in [0.25, 0.3) is 0 Å². The number of fused-ring (bicyclic) bond motifs is 2. The molecule has 2 heterocycles. The fraction of sp³-hybridized carbons (Fsp3) is 0.486. The van der Waals surface area contributed by atoms with Gasteiger partial charge >= 0.3 is 18.2 Å². The van der Waals surface area contributed by atoms with Crippen molar-refractivity contribution in [2.45, 2.75) is 89.1 Å². The van der Waals surface area contributed by atoms with E-state index in [0.717, 1.165) is 36.0 Å². The van der Waals surface area contributed by atoms with Crippen LogP contribution in [0.3, 0.4) is 0 Å². The maximum Gasteiger partial charge on any atom is 0.410 e. The first-order chi connectivity index (χ1) is 23.4. The van der Waals surface area contributed by atoms with Crippen LogP contribution in [0, 0.1) is 5.92 Å². The molecule has 4 atom stereocenters. The Hall–Kier alpha value is -4.87. The fourth-order valence-electron chi connectivity index (χ4n) is 6.37. The van der Waals surface area contributed by atoms with E-state index in [4.69, 9.17) is 9.47 Å². The van der Waals surface area contributed by atoms with E-state index < -0.39 is 53.2 Å². The molecular formula is C37H46N4O8. The lowest BCUT2D eigenvalue weighted by Gasteiger charge is -2.41. The Labute approximate surface area is 286 Å². The average Bonchev–Trinajstić information content (AvgIpc) is 3.78. The number of nitrogens with one attached hydrogen (secondary N) is 2. The molecule has 1 aliphatic carbocycles. The molecule has 0 bridgehead atoms. The Balaban J connectivity index is 1.35. The van der Waals surface area contributed by atoms with Crippen LogP contribution in [0.1, 0.15) is 64.9 Å². The molecule has 12 nitrogen and oxygen atoms in total. The van der Waals surface area contributed by atoms with Crippen molar-refractivity contribution in [1.82, 2.24) is 20.4 Å². The third kappa shape index (κ3) is 8.98. The third-order valence-electron chi connectivity index (χ3n) is 9.08. The number of alkyl carbamates (subject to hydrolysis) is 1. The summed E-state index contributed by atoms with van der Waals surface area (Å²) in [5, 5.41) is 15.5. The second-order valence-electron chi connectivity index (χ2n) is 14.0. The number of carbonyl (C=O) groups is 5. The van der Waals surface area contributed by atoms with Gasteiger partial charge in [-0.3, -0.25) is 9.59 Å². The number of carbonyl (C=O) groups excluding carboxylic acids is 4. The van der Waals surface area contributed by atoms with Gasteiger partial charge in [0.05, 0.1) is 6.54 Å². The van der Waals surface area contributed by atoms with Crippen molar-refractivity contribution in [3.05, 3.63) is 72.3 Å². The Morgan fingerprint density at radius 2 is 1.76 bits per heavy atom. The number of hydrogen-bond acceptors (Lipinski definition) is 7. The highest BCUT2D eigenvalue weighted by molar-refractivity contribution is 5.96. The molecule has 1 unspecified atom stereocenters. The predicted molar refractivity (Wildman–Crippen MR) is 181 cm³/mol. The largest absolute Gasteiger partial charge is 0.479 e. The number of amides is 4. The van der Waals surface area contributed by atoms with Crippen LogP contribution in [0.2, 0.25) is 0 Å². The molecule has 0 radical (unpaired) electrons. The molecule has 4 amide bonds. The first kappa shape index (κ1) is 35.4. The number of rotatable bonds is 5. The summed E-state index contributed by atoms with van der Waals surface area (Å²) in [6.45, 7) is 5.00. The van der Waals surface area contributed by atoms with Crippen molar-refractivity contribution in [1.29, 1.82) is 0 Å². The van der Waals surface area contributed by atoms with Gasteiger partial charge in [-0.1, -0.05) is 73.5 Å². The number of benzene rings is 2. The number of allylic oxidation sites excluding steroid dienone is 1. The number of carboxylic acid groups (broad SMARTS) is 1. The van der Waals surface area contributed by atoms with Crippen LogP contribution in [0.15, 0.2) is 66.7 Å². The van der Waals surface area contributed by atoms with Gasteiger partial charge in [-0.05, 0) is 69.2 Å². The number of aliphatic carboxylic acids is 1.